The topological polar surface area (TPSA) is 66.8 Å². The van der Waals surface area contributed by atoms with Crippen LogP contribution < -0.4 is 0 Å². The van der Waals surface area contributed by atoms with Crippen molar-refractivity contribution < 1.29 is 19.7 Å². The van der Waals surface area contributed by atoms with E-state index >= 15 is 0 Å². The van der Waals surface area contributed by atoms with Crippen LogP contribution in [0.15, 0.2) is 18.2 Å². The second-order valence-corrected chi connectivity index (χ2v) is 3.77. The van der Waals surface area contributed by atoms with Crippen molar-refractivity contribution in [1.82, 2.24) is 0 Å². The fraction of sp³-hybridized carbons (Fsp3) is 0.357. The zero-order valence-electron chi connectivity index (χ0n) is 10.4. The molecule has 1 rings (SSSR count). The van der Waals surface area contributed by atoms with Crippen LogP contribution in [0.1, 0.15) is 30.4 Å². The molecular formula is C14H16O4. The third kappa shape index (κ3) is 3.51. The SMILES string of the molecule is CC#C[C@@H](CC(=O)OC)c1ccc(O)c(CO)c1. The molecule has 0 saturated carbocycles. The Kier molecular flexibility index (Phi) is 5.22. The second-order valence-electron chi connectivity index (χ2n) is 3.77. The molecule has 18 heavy (non-hydrogen) atoms. The first-order valence-electron chi connectivity index (χ1n) is 5.54. The molecule has 4 nitrogen and oxygen atoms in total. The summed E-state index contributed by atoms with van der Waals surface area (Å²) in [7, 11) is 1.33. The maximum absolute atomic E-state index is 11.3. The van der Waals surface area contributed by atoms with E-state index in [4.69, 9.17) is 5.11 Å². The van der Waals surface area contributed by atoms with Gasteiger partial charge in [0.25, 0.3) is 0 Å². The van der Waals surface area contributed by atoms with Crippen LogP contribution in [0.2, 0.25) is 0 Å². The van der Waals surface area contributed by atoms with Crippen LogP contribution in [0.4, 0.5) is 0 Å². The van der Waals surface area contributed by atoms with E-state index in [0.29, 0.717) is 5.56 Å². The molecule has 2 N–H and O–H groups in total. The van der Waals surface area contributed by atoms with Gasteiger partial charge in [-0.05, 0) is 24.6 Å². The quantitative estimate of drug-likeness (QED) is 0.626. The van der Waals surface area contributed by atoms with E-state index in [2.05, 4.69) is 16.6 Å². The molecule has 0 saturated heterocycles. The fourth-order valence-corrected chi connectivity index (χ4v) is 1.63. The molecule has 1 aromatic carbocycles. The van der Waals surface area contributed by atoms with Crippen molar-refractivity contribution >= 4 is 5.97 Å². The van der Waals surface area contributed by atoms with Gasteiger partial charge in [-0.15, -0.1) is 5.92 Å². The van der Waals surface area contributed by atoms with Crippen LogP contribution in [-0.2, 0) is 16.1 Å². The highest BCUT2D eigenvalue weighted by atomic mass is 16.5. The highest BCUT2D eigenvalue weighted by molar-refractivity contribution is 5.71. The summed E-state index contributed by atoms with van der Waals surface area (Å²) in [4.78, 5) is 11.3. The lowest BCUT2D eigenvalue weighted by Gasteiger charge is -2.12. The number of benzene rings is 1. The van der Waals surface area contributed by atoms with Crippen molar-refractivity contribution in [2.45, 2.75) is 25.9 Å². The van der Waals surface area contributed by atoms with Crippen LogP contribution in [0.5, 0.6) is 5.75 Å². The average molecular weight is 248 g/mol. The van der Waals surface area contributed by atoms with E-state index in [0.717, 1.165) is 5.56 Å². The molecule has 1 atom stereocenters. The third-order valence-electron chi connectivity index (χ3n) is 2.59. The first kappa shape index (κ1) is 14.1. The van der Waals surface area contributed by atoms with Crippen LogP contribution >= 0.6 is 0 Å². The number of carbonyl (C=O) groups is 1. The van der Waals surface area contributed by atoms with Crippen molar-refractivity contribution in [2.24, 2.45) is 0 Å². The Balaban J connectivity index is 3.04. The number of methoxy groups -OCH3 is 1. The molecule has 0 aliphatic rings. The number of aromatic hydroxyl groups is 1. The smallest absolute Gasteiger partial charge is 0.307 e. The van der Waals surface area contributed by atoms with Crippen LogP contribution in [0, 0.1) is 11.8 Å². The van der Waals surface area contributed by atoms with E-state index in [1.54, 1.807) is 19.1 Å². The maximum atomic E-state index is 11.3. The van der Waals surface area contributed by atoms with E-state index in [1.807, 2.05) is 0 Å². The normalized spacial score (nSPS) is 11.3. The molecule has 0 heterocycles. The molecule has 0 fully saturated rings. The first-order chi connectivity index (χ1) is 8.62. The van der Waals surface area contributed by atoms with Gasteiger partial charge in [0.15, 0.2) is 0 Å². The number of aliphatic hydroxyl groups excluding tert-OH is 1. The summed E-state index contributed by atoms with van der Waals surface area (Å²) in [5.41, 5.74) is 1.19. The third-order valence-corrected chi connectivity index (χ3v) is 2.59. The second kappa shape index (κ2) is 6.67. The first-order valence-corrected chi connectivity index (χ1v) is 5.54. The van der Waals surface area contributed by atoms with Gasteiger partial charge in [0.2, 0.25) is 0 Å². The standard InChI is InChI=1S/C14H16O4/c1-3-4-10(8-14(17)18-2)11-5-6-13(16)12(7-11)9-15/h5-7,10,15-16H,8-9H2,1-2H3/t10-/m0/s1. The van der Waals surface area contributed by atoms with Crippen molar-refractivity contribution in [3.8, 4) is 17.6 Å². The zero-order chi connectivity index (χ0) is 13.5. The molecule has 0 bridgehead atoms. The van der Waals surface area contributed by atoms with E-state index in [9.17, 15) is 9.90 Å². The Bertz CT molecular complexity index is 482. The highest BCUT2D eigenvalue weighted by Gasteiger charge is 2.15. The van der Waals surface area contributed by atoms with Crippen LogP contribution in [0.3, 0.4) is 0 Å². The lowest BCUT2D eigenvalue weighted by atomic mass is 9.94. The van der Waals surface area contributed by atoms with E-state index in [-0.39, 0.29) is 30.7 Å². The highest BCUT2D eigenvalue weighted by Crippen LogP contribution is 2.25. The lowest BCUT2D eigenvalue weighted by molar-refractivity contribution is -0.140. The van der Waals surface area contributed by atoms with Crippen LogP contribution in [0.25, 0.3) is 0 Å². The van der Waals surface area contributed by atoms with Crippen molar-refractivity contribution in [3.05, 3.63) is 29.3 Å². The lowest BCUT2D eigenvalue weighted by Crippen LogP contribution is -2.07. The maximum Gasteiger partial charge on any atom is 0.307 e. The summed E-state index contributed by atoms with van der Waals surface area (Å²) in [6, 6.07) is 4.82. The minimum absolute atomic E-state index is 0.0301. The van der Waals surface area contributed by atoms with E-state index < -0.39 is 0 Å². The number of carbonyl (C=O) groups excluding carboxylic acids is 1. The van der Waals surface area contributed by atoms with Gasteiger partial charge in [-0.25, -0.2) is 0 Å². The monoisotopic (exact) mass is 248 g/mol. The predicted octanol–water partition coefficient (Wildman–Crippen LogP) is 1.55. The van der Waals surface area contributed by atoms with E-state index in [1.165, 1.54) is 13.2 Å². The van der Waals surface area contributed by atoms with Gasteiger partial charge < -0.3 is 14.9 Å². The van der Waals surface area contributed by atoms with Crippen LogP contribution in [-0.4, -0.2) is 23.3 Å². The van der Waals surface area contributed by atoms with Crippen molar-refractivity contribution in [2.75, 3.05) is 7.11 Å². The molecule has 0 amide bonds. The number of hydrogen-bond donors (Lipinski definition) is 2. The Morgan fingerprint density at radius 3 is 2.78 bits per heavy atom. The molecule has 0 aliphatic carbocycles. The van der Waals surface area contributed by atoms with Gasteiger partial charge in [-0.2, -0.15) is 0 Å². The Morgan fingerprint density at radius 2 is 2.22 bits per heavy atom. The van der Waals surface area contributed by atoms with Crippen molar-refractivity contribution in [3.63, 3.8) is 0 Å². The number of ether oxygens (including phenoxy) is 1. The molecule has 0 aromatic heterocycles. The minimum Gasteiger partial charge on any atom is -0.508 e. The Labute approximate surface area is 106 Å². The molecule has 0 unspecified atom stereocenters. The van der Waals surface area contributed by atoms with Gasteiger partial charge in [-0.1, -0.05) is 12.0 Å². The summed E-state index contributed by atoms with van der Waals surface area (Å²) in [6.45, 7) is 1.43. The molecule has 4 heteroatoms. The number of aliphatic hydroxyl groups is 1. The van der Waals surface area contributed by atoms with Crippen molar-refractivity contribution in [1.29, 1.82) is 0 Å². The predicted molar refractivity (Wildman–Crippen MR) is 66.9 cm³/mol. The molecule has 0 radical (unpaired) electrons. The average Bonchev–Trinajstić information content (AvgIpc) is 2.38. The number of rotatable bonds is 4. The summed E-state index contributed by atoms with van der Waals surface area (Å²) in [5.74, 6) is 5.07. The van der Waals surface area contributed by atoms with Gasteiger partial charge in [0.1, 0.15) is 5.75 Å². The fourth-order valence-electron chi connectivity index (χ4n) is 1.63. The van der Waals surface area contributed by atoms with Gasteiger partial charge in [-0.3, -0.25) is 4.79 Å². The summed E-state index contributed by atoms with van der Waals surface area (Å²) in [5, 5.41) is 18.6. The minimum atomic E-state index is -0.346. The number of phenols is 1. The Morgan fingerprint density at radius 1 is 1.50 bits per heavy atom. The molecular weight excluding hydrogens is 232 g/mol. The Hall–Kier alpha value is -1.99. The summed E-state index contributed by atoms with van der Waals surface area (Å²) >= 11 is 0. The van der Waals surface area contributed by atoms with Gasteiger partial charge in [0.05, 0.1) is 26.1 Å². The number of hydrogen-bond acceptors (Lipinski definition) is 4. The molecule has 0 aliphatic heterocycles. The molecule has 96 valence electrons. The van der Waals surface area contributed by atoms with Gasteiger partial charge in [0, 0.05) is 5.56 Å². The summed E-state index contributed by atoms with van der Waals surface area (Å²) < 4.78 is 4.62. The largest absolute Gasteiger partial charge is 0.508 e. The summed E-state index contributed by atoms with van der Waals surface area (Å²) in [6.07, 6.45) is 0.146. The zero-order valence-corrected chi connectivity index (χ0v) is 10.4. The molecule has 0 spiro atoms. The molecule has 1 aromatic rings. The number of esters is 1. The van der Waals surface area contributed by atoms with Gasteiger partial charge >= 0.3 is 5.97 Å².